The fourth-order valence-corrected chi connectivity index (χ4v) is 5.66. The van der Waals surface area contributed by atoms with Crippen LogP contribution in [0.1, 0.15) is 45.2 Å². The minimum Gasteiger partial charge on any atom is -0.496 e. The number of nitrogens with zero attached hydrogens (tertiary/aromatic N) is 5. The van der Waals surface area contributed by atoms with Crippen LogP contribution in [0.3, 0.4) is 0 Å². The van der Waals surface area contributed by atoms with Gasteiger partial charge in [-0.05, 0) is 44.7 Å². The van der Waals surface area contributed by atoms with Crippen LogP contribution in [0.5, 0.6) is 5.75 Å². The minimum atomic E-state index is -1.31. The van der Waals surface area contributed by atoms with Crippen molar-refractivity contribution in [2.75, 3.05) is 7.11 Å². The van der Waals surface area contributed by atoms with E-state index in [0.717, 1.165) is 15.9 Å². The second-order valence-electron chi connectivity index (χ2n) is 9.75. The van der Waals surface area contributed by atoms with Gasteiger partial charge < -0.3 is 4.74 Å². The number of benzene rings is 1. The molecule has 0 spiro atoms. The van der Waals surface area contributed by atoms with Crippen molar-refractivity contribution in [1.29, 1.82) is 0 Å². The molecule has 0 aliphatic heterocycles. The molecule has 0 N–H and O–H groups in total. The van der Waals surface area contributed by atoms with E-state index in [0.29, 0.717) is 33.7 Å². The number of rotatable bonds is 9. The molecule has 0 unspecified atom stereocenters. The van der Waals surface area contributed by atoms with Gasteiger partial charge in [0.2, 0.25) is 0 Å². The fraction of sp³-hybridized carbons (Fsp3) is 0.423. The van der Waals surface area contributed by atoms with Crippen LogP contribution in [0.4, 0.5) is 0 Å². The van der Waals surface area contributed by atoms with E-state index in [9.17, 15) is 14.4 Å². The maximum atomic E-state index is 13.9. The lowest BCUT2D eigenvalue weighted by Crippen LogP contribution is -2.52. The molecule has 0 atom stereocenters. The summed E-state index contributed by atoms with van der Waals surface area (Å²) in [6.07, 6.45) is 3.89. The lowest BCUT2D eigenvalue weighted by atomic mass is 9.91. The highest BCUT2D eigenvalue weighted by molar-refractivity contribution is 7.21. The Bertz CT molecular complexity index is 1530. The predicted molar refractivity (Wildman–Crippen MR) is 140 cm³/mol. The van der Waals surface area contributed by atoms with E-state index >= 15 is 0 Å². The minimum absolute atomic E-state index is 0.101. The van der Waals surface area contributed by atoms with E-state index in [1.807, 2.05) is 45.0 Å². The van der Waals surface area contributed by atoms with E-state index in [-0.39, 0.29) is 18.1 Å². The van der Waals surface area contributed by atoms with Gasteiger partial charge in [-0.25, -0.2) is 9.36 Å². The van der Waals surface area contributed by atoms with Gasteiger partial charge in [-0.15, -0.1) is 4.80 Å². The Labute approximate surface area is 212 Å². The summed E-state index contributed by atoms with van der Waals surface area (Å²) >= 11 is 1.29. The monoisotopic (exact) mass is 509 g/mol. The van der Waals surface area contributed by atoms with Crippen molar-refractivity contribution < 1.29 is 9.53 Å². The van der Waals surface area contributed by atoms with Gasteiger partial charge in [-0.3, -0.25) is 14.2 Å². The van der Waals surface area contributed by atoms with Gasteiger partial charge in [0.25, 0.3) is 5.56 Å². The van der Waals surface area contributed by atoms with Gasteiger partial charge in [0.1, 0.15) is 21.1 Å². The average Bonchev–Trinajstić information content (AvgIpc) is 3.46. The number of hydrogen-bond donors (Lipinski definition) is 0. The molecule has 0 radical (unpaired) electrons. The van der Waals surface area contributed by atoms with E-state index in [1.54, 1.807) is 37.9 Å². The number of methoxy groups -OCH3 is 1. The molecular formula is C26H31N5O4S. The van der Waals surface area contributed by atoms with Gasteiger partial charge >= 0.3 is 5.69 Å². The first kappa shape index (κ1) is 25.6. The summed E-state index contributed by atoms with van der Waals surface area (Å²) in [4.78, 5) is 43.0. The number of Topliss-reactive ketones (excluding diaryl/α,β-unsaturated/α-hetero) is 1. The largest absolute Gasteiger partial charge is 0.496 e. The molecule has 0 aliphatic carbocycles. The molecule has 0 fully saturated rings. The van der Waals surface area contributed by atoms with Crippen LogP contribution in [0.2, 0.25) is 0 Å². The summed E-state index contributed by atoms with van der Waals surface area (Å²) in [6, 6.07) is 7.63. The summed E-state index contributed by atoms with van der Waals surface area (Å²) in [5.74, 6) is 0.671. The van der Waals surface area contributed by atoms with Crippen molar-refractivity contribution in [1.82, 2.24) is 24.1 Å². The molecule has 0 saturated carbocycles. The number of ether oxygens (including phenoxy) is 1. The first-order chi connectivity index (χ1) is 17.1. The normalized spacial score (nSPS) is 12.0. The number of ketones is 1. The Balaban J connectivity index is 1.97. The van der Waals surface area contributed by atoms with Crippen LogP contribution in [0.15, 0.2) is 46.2 Å². The Morgan fingerprint density at radius 3 is 2.44 bits per heavy atom. The first-order valence-corrected chi connectivity index (χ1v) is 12.7. The quantitative estimate of drug-likeness (QED) is 0.341. The van der Waals surface area contributed by atoms with E-state index in [2.05, 4.69) is 10.2 Å². The molecular weight excluding hydrogens is 478 g/mol. The lowest BCUT2D eigenvalue weighted by Gasteiger charge is -2.27. The molecule has 1 aromatic carbocycles. The first-order valence-electron chi connectivity index (χ1n) is 11.9. The van der Waals surface area contributed by atoms with Gasteiger partial charge in [0.15, 0.2) is 5.78 Å². The highest BCUT2D eigenvalue weighted by Gasteiger charge is 2.35. The number of aromatic nitrogens is 5. The van der Waals surface area contributed by atoms with Crippen LogP contribution in [-0.2, 0) is 23.3 Å². The predicted octanol–water partition coefficient (Wildman–Crippen LogP) is 3.72. The maximum absolute atomic E-state index is 13.9. The highest BCUT2D eigenvalue weighted by Crippen LogP contribution is 2.31. The molecule has 0 bridgehead atoms. The Morgan fingerprint density at radius 2 is 1.81 bits per heavy atom. The van der Waals surface area contributed by atoms with E-state index < -0.39 is 16.8 Å². The van der Waals surface area contributed by atoms with Crippen molar-refractivity contribution in [3.63, 3.8) is 0 Å². The number of para-hydroxylation sites is 1. The molecule has 3 heterocycles. The van der Waals surface area contributed by atoms with Crippen molar-refractivity contribution in [2.45, 2.75) is 59.5 Å². The molecule has 0 saturated heterocycles. The van der Waals surface area contributed by atoms with Crippen LogP contribution >= 0.6 is 11.3 Å². The zero-order valence-corrected chi connectivity index (χ0v) is 22.3. The van der Waals surface area contributed by atoms with Crippen LogP contribution < -0.4 is 16.0 Å². The van der Waals surface area contributed by atoms with Crippen LogP contribution in [0, 0.1) is 12.8 Å². The Morgan fingerprint density at radius 1 is 1.14 bits per heavy atom. The lowest BCUT2D eigenvalue weighted by molar-refractivity contribution is -0.127. The molecule has 0 amide bonds. The molecule has 4 aromatic rings. The molecule has 190 valence electrons. The fourth-order valence-electron chi connectivity index (χ4n) is 4.42. The van der Waals surface area contributed by atoms with Gasteiger partial charge in [-0.1, -0.05) is 43.4 Å². The topological polar surface area (TPSA) is 101 Å². The Kier molecular flexibility index (Phi) is 6.99. The van der Waals surface area contributed by atoms with Gasteiger partial charge in [0, 0.05) is 18.5 Å². The Hall–Kier alpha value is -3.53. The number of hydrogen-bond acceptors (Lipinski definition) is 7. The summed E-state index contributed by atoms with van der Waals surface area (Å²) in [5, 5.41) is 9.50. The molecule has 9 nitrogen and oxygen atoms in total. The van der Waals surface area contributed by atoms with E-state index in [4.69, 9.17) is 4.74 Å². The summed E-state index contributed by atoms with van der Waals surface area (Å²) in [7, 11) is 1.61. The summed E-state index contributed by atoms with van der Waals surface area (Å²) < 4.78 is 8.21. The third-order valence-electron chi connectivity index (χ3n) is 6.42. The van der Waals surface area contributed by atoms with Crippen LogP contribution in [-0.4, -0.2) is 37.0 Å². The van der Waals surface area contributed by atoms with Crippen molar-refractivity contribution in [3.05, 3.63) is 68.6 Å². The number of carbonyl (C=O) groups is 1. The van der Waals surface area contributed by atoms with Crippen molar-refractivity contribution in [3.8, 4) is 10.8 Å². The molecule has 4 rings (SSSR count). The average molecular weight is 510 g/mol. The van der Waals surface area contributed by atoms with Crippen molar-refractivity contribution in [2.24, 2.45) is 5.92 Å². The highest BCUT2D eigenvalue weighted by atomic mass is 32.1. The second-order valence-corrected chi connectivity index (χ2v) is 10.7. The van der Waals surface area contributed by atoms with Gasteiger partial charge in [0.05, 0.1) is 24.9 Å². The molecule has 10 heteroatoms. The summed E-state index contributed by atoms with van der Waals surface area (Å²) in [5.41, 5.74) is -0.682. The second kappa shape index (κ2) is 9.85. The number of thiophene rings is 1. The molecule has 3 aromatic heterocycles. The summed E-state index contributed by atoms with van der Waals surface area (Å²) in [6.45, 7) is 9.30. The molecule has 0 aliphatic rings. The number of fused-ring (bicyclic) bond motifs is 1. The van der Waals surface area contributed by atoms with Gasteiger partial charge in [-0.2, -0.15) is 10.2 Å². The third-order valence-corrected chi connectivity index (χ3v) is 7.70. The smallest absolute Gasteiger partial charge is 0.332 e. The van der Waals surface area contributed by atoms with Crippen LogP contribution in [0.25, 0.3) is 15.2 Å². The zero-order valence-electron chi connectivity index (χ0n) is 21.4. The van der Waals surface area contributed by atoms with E-state index in [1.165, 1.54) is 16.1 Å². The number of aryl methyl sites for hydroxylation is 3. The third kappa shape index (κ3) is 4.41. The molecule has 36 heavy (non-hydrogen) atoms. The van der Waals surface area contributed by atoms with Crippen molar-refractivity contribution >= 4 is 27.3 Å². The SMILES string of the molecule is COc1ccccc1CCn1c(=O)n(C(C)(C)C(=O)CC(C)C)c(=O)c2c(C)c(-n3nccn3)sc21. The number of carbonyl (C=O) groups excluding carboxylic acids is 1. The standard InChI is InChI=1S/C26H31N5O4S/c1-16(2)15-20(32)26(4,5)30-22(33)21-17(3)23(31-27-12-13-28-31)36-24(21)29(25(30)34)14-11-18-9-7-8-10-19(18)35-6/h7-10,12-13,16H,11,14-15H2,1-6H3. The maximum Gasteiger partial charge on any atom is 0.332 e. The zero-order chi connectivity index (χ0) is 26.2.